The highest BCUT2D eigenvalue weighted by molar-refractivity contribution is 5.77. The van der Waals surface area contributed by atoms with E-state index in [0.29, 0.717) is 0 Å². The van der Waals surface area contributed by atoms with E-state index in [1.54, 1.807) is 0 Å². The molecule has 7 N–H and O–H groups in total. The molecule has 25 heavy (non-hydrogen) atoms. The lowest BCUT2D eigenvalue weighted by Crippen LogP contribution is -2.52. The summed E-state index contributed by atoms with van der Waals surface area (Å²) in [5.74, 6) is -4.14. The first-order valence-corrected chi connectivity index (χ1v) is 7.68. The highest BCUT2D eigenvalue weighted by atomic mass is 16.7. The maximum Gasteiger partial charge on any atom is 0.366 e. The standard InChI is InChI=1S/C15H28N2O8/c1-4-5-25-15(23,14(22)24-3)7-12(20)10(17-9(2)18)6-11(19)13(21)8-16/h4,10-13,19-21,23H,1,5-8,16H2,2-3H3,(H,17,18)/t10?,11-,12?,13?,15?/m0/s1. The third-order valence-corrected chi connectivity index (χ3v) is 3.46. The number of aliphatic hydroxyl groups is 4. The van der Waals surface area contributed by atoms with Crippen LogP contribution in [0.15, 0.2) is 12.7 Å². The van der Waals surface area contributed by atoms with Crippen LogP contribution in [0.2, 0.25) is 0 Å². The van der Waals surface area contributed by atoms with E-state index < -0.39 is 48.4 Å². The molecule has 0 aromatic rings. The summed E-state index contributed by atoms with van der Waals surface area (Å²) in [6, 6.07) is -1.09. The molecule has 0 spiro atoms. The molecule has 0 saturated heterocycles. The zero-order valence-corrected chi connectivity index (χ0v) is 14.4. The fourth-order valence-corrected chi connectivity index (χ4v) is 2.13. The molecule has 0 aromatic carbocycles. The largest absolute Gasteiger partial charge is 0.465 e. The molecule has 4 unspecified atom stereocenters. The van der Waals surface area contributed by atoms with E-state index in [2.05, 4.69) is 16.6 Å². The second-order valence-corrected chi connectivity index (χ2v) is 5.56. The molecule has 0 aromatic heterocycles. The predicted molar refractivity (Wildman–Crippen MR) is 87.0 cm³/mol. The Labute approximate surface area is 146 Å². The average Bonchev–Trinajstić information content (AvgIpc) is 2.57. The van der Waals surface area contributed by atoms with Gasteiger partial charge in [-0.1, -0.05) is 6.08 Å². The smallest absolute Gasteiger partial charge is 0.366 e. The summed E-state index contributed by atoms with van der Waals surface area (Å²) in [7, 11) is 1.03. The van der Waals surface area contributed by atoms with E-state index in [1.165, 1.54) is 13.0 Å². The second kappa shape index (κ2) is 11.1. The molecule has 0 saturated carbocycles. The lowest BCUT2D eigenvalue weighted by atomic mass is 9.95. The predicted octanol–water partition coefficient (Wildman–Crippen LogP) is -2.62. The molecule has 0 aliphatic heterocycles. The molecule has 0 radical (unpaired) electrons. The first-order chi connectivity index (χ1) is 11.6. The van der Waals surface area contributed by atoms with Crippen LogP contribution >= 0.6 is 0 Å². The van der Waals surface area contributed by atoms with Crippen molar-refractivity contribution in [3.05, 3.63) is 12.7 Å². The minimum atomic E-state index is -2.48. The van der Waals surface area contributed by atoms with Crippen LogP contribution in [0.25, 0.3) is 0 Å². The van der Waals surface area contributed by atoms with Crippen molar-refractivity contribution < 1.29 is 39.5 Å². The van der Waals surface area contributed by atoms with Crippen molar-refractivity contribution in [3.63, 3.8) is 0 Å². The Hall–Kier alpha value is -1.56. The summed E-state index contributed by atoms with van der Waals surface area (Å²) < 4.78 is 9.45. The van der Waals surface area contributed by atoms with E-state index >= 15 is 0 Å². The van der Waals surface area contributed by atoms with E-state index in [1.807, 2.05) is 0 Å². The van der Waals surface area contributed by atoms with Gasteiger partial charge >= 0.3 is 5.97 Å². The quantitative estimate of drug-likeness (QED) is 0.123. The monoisotopic (exact) mass is 364 g/mol. The molecule has 10 heteroatoms. The third kappa shape index (κ3) is 7.90. The molecule has 5 atom stereocenters. The number of nitrogens with one attached hydrogen (secondary N) is 1. The summed E-state index contributed by atoms with van der Waals surface area (Å²) in [5.41, 5.74) is 5.25. The number of rotatable bonds is 12. The van der Waals surface area contributed by atoms with Crippen LogP contribution in [0.1, 0.15) is 19.8 Å². The van der Waals surface area contributed by atoms with Gasteiger partial charge in [-0.2, -0.15) is 0 Å². The van der Waals surface area contributed by atoms with Crippen molar-refractivity contribution in [2.45, 2.75) is 49.9 Å². The highest BCUT2D eigenvalue weighted by Crippen LogP contribution is 2.21. The summed E-state index contributed by atoms with van der Waals surface area (Å²) >= 11 is 0. The van der Waals surface area contributed by atoms with Gasteiger partial charge in [-0.25, -0.2) is 4.79 Å². The number of carbonyl (C=O) groups excluding carboxylic acids is 2. The zero-order valence-electron chi connectivity index (χ0n) is 14.4. The zero-order chi connectivity index (χ0) is 19.6. The van der Waals surface area contributed by atoms with Crippen molar-refractivity contribution in [1.29, 1.82) is 0 Å². The average molecular weight is 364 g/mol. The van der Waals surface area contributed by atoms with E-state index in [0.717, 1.165) is 7.11 Å². The number of amides is 1. The van der Waals surface area contributed by atoms with Gasteiger partial charge in [-0.05, 0) is 6.42 Å². The van der Waals surface area contributed by atoms with Crippen LogP contribution in [0.3, 0.4) is 0 Å². The molecule has 10 nitrogen and oxygen atoms in total. The van der Waals surface area contributed by atoms with Crippen molar-refractivity contribution in [2.24, 2.45) is 5.73 Å². The lowest BCUT2D eigenvalue weighted by Gasteiger charge is -2.32. The molecule has 0 bridgehead atoms. The molecule has 0 aliphatic carbocycles. The molecule has 1 amide bonds. The van der Waals surface area contributed by atoms with Crippen LogP contribution in [-0.2, 0) is 19.1 Å². The number of esters is 1. The molecular weight excluding hydrogens is 336 g/mol. The van der Waals surface area contributed by atoms with Crippen LogP contribution in [0, 0.1) is 0 Å². The maximum atomic E-state index is 11.8. The molecule has 146 valence electrons. The van der Waals surface area contributed by atoms with Crippen LogP contribution in [0.4, 0.5) is 0 Å². The van der Waals surface area contributed by atoms with Gasteiger partial charge < -0.3 is 41.0 Å². The Morgan fingerprint density at radius 1 is 1.28 bits per heavy atom. The Morgan fingerprint density at radius 2 is 1.88 bits per heavy atom. The molecular formula is C15H28N2O8. The van der Waals surface area contributed by atoms with Gasteiger partial charge in [0.2, 0.25) is 5.91 Å². The molecule has 0 rings (SSSR count). The highest BCUT2D eigenvalue weighted by Gasteiger charge is 2.43. The summed E-state index contributed by atoms with van der Waals surface area (Å²) in [4.78, 5) is 23.1. The van der Waals surface area contributed by atoms with Crippen LogP contribution in [-0.4, -0.2) is 82.7 Å². The number of aliphatic hydroxyl groups excluding tert-OH is 3. The van der Waals surface area contributed by atoms with E-state index in [9.17, 15) is 30.0 Å². The number of methoxy groups -OCH3 is 1. The number of carbonyl (C=O) groups is 2. The van der Waals surface area contributed by atoms with Crippen molar-refractivity contribution in [3.8, 4) is 0 Å². The lowest BCUT2D eigenvalue weighted by molar-refractivity contribution is -0.232. The summed E-state index contributed by atoms with van der Waals surface area (Å²) in [5, 5.41) is 42.4. The Bertz CT molecular complexity index is 447. The number of hydrogen-bond donors (Lipinski definition) is 6. The molecule has 0 heterocycles. The van der Waals surface area contributed by atoms with Crippen molar-refractivity contribution >= 4 is 11.9 Å². The van der Waals surface area contributed by atoms with E-state index in [-0.39, 0.29) is 19.6 Å². The van der Waals surface area contributed by atoms with Gasteiger partial charge in [0, 0.05) is 19.9 Å². The third-order valence-electron chi connectivity index (χ3n) is 3.46. The van der Waals surface area contributed by atoms with Gasteiger partial charge in [0.15, 0.2) is 0 Å². The number of nitrogens with two attached hydrogens (primary N) is 1. The maximum absolute atomic E-state index is 11.8. The Morgan fingerprint density at radius 3 is 2.32 bits per heavy atom. The number of hydrogen-bond acceptors (Lipinski definition) is 9. The number of ether oxygens (including phenoxy) is 2. The fraction of sp³-hybridized carbons (Fsp3) is 0.733. The first kappa shape index (κ1) is 23.4. The van der Waals surface area contributed by atoms with Crippen LogP contribution in [0.5, 0.6) is 0 Å². The van der Waals surface area contributed by atoms with Gasteiger partial charge in [0.25, 0.3) is 5.79 Å². The minimum absolute atomic E-state index is 0.197. The summed E-state index contributed by atoms with van der Waals surface area (Å²) in [6.07, 6.45) is -3.73. The van der Waals surface area contributed by atoms with Gasteiger partial charge in [0.1, 0.15) is 0 Å². The molecule has 0 fully saturated rings. The summed E-state index contributed by atoms with van der Waals surface area (Å²) in [6.45, 7) is 4.16. The molecule has 0 aliphatic rings. The Kier molecular flexibility index (Phi) is 10.4. The second-order valence-electron chi connectivity index (χ2n) is 5.56. The normalized spacial score (nSPS) is 18.4. The fourth-order valence-electron chi connectivity index (χ4n) is 2.13. The first-order valence-electron chi connectivity index (χ1n) is 7.68. The van der Waals surface area contributed by atoms with Crippen LogP contribution < -0.4 is 11.1 Å². The SMILES string of the molecule is C=CCOC(O)(CC(O)C(C[C@H](O)C(O)CN)NC(C)=O)C(=O)OC. The van der Waals surface area contributed by atoms with Gasteiger partial charge in [0.05, 0.1) is 38.1 Å². The topological polar surface area (TPSA) is 172 Å². The van der Waals surface area contributed by atoms with Gasteiger partial charge in [-0.15, -0.1) is 6.58 Å². The Balaban J connectivity index is 5.24. The van der Waals surface area contributed by atoms with Gasteiger partial charge in [-0.3, -0.25) is 4.79 Å². The van der Waals surface area contributed by atoms with Crippen molar-refractivity contribution in [1.82, 2.24) is 5.32 Å². The van der Waals surface area contributed by atoms with E-state index in [4.69, 9.17) is 10.5 Å². The minimum Gasteiger partial charge on any atom is -0.465 e. The van der Waals surface area contributed by atoms with Crippen molar-refractivity contribution in [2.75, 3.05) is 20.3 Å².